The van der Waals surface area contributed by atoms with Crippen LogP contribution in [0.4, 0.5) is 11.4 Å². The molecule has 3 rings (SSSR count). The Labute approximate surface area is 149 Å². The van der Waals surface area contributed by atoms with E-state index in [0.29, 0.717) is 0 Å². The van der Waals surface area contributed by atoms with Crippen LogP contribution in [0.15, 0.2) is 48.5 Å². The standard InChI is InChI=1S/C21H24N2O2/c1-16-7-8-18(17(2)15-16)9-10-21(24)22-19-5-3-4-6-20(19)23-11-13-25-14-12-23/h3-10,15H,11-14H2,1-2H3,(H,22,24)/b10-9+. The van der Waals surface area contributed by atoms with Gasteiger partial charge < -0.3 is 15.0 Å². The minimum absolute atomic E-state index is 0.124. The maximum Gasteiger partial charge on any atom is 0.248 e. The number of nitrogens with one attached hydrogen (secondary N) is 1. The summed E-state index contributed by atoms with van der Waals surface area (Å²) in [6.07, 6.45) is 3.45. The molecule has 4 heteroatoms. The van der Waals surface area contributed by atoms with Crippen molar-refractivity contribution in [3.8, 4) is 0 Å². The monoisotopic (exact) mass is 336 g/mol. The number of morpholine rings is 1. The molecule has 1 fully saturated rings. The van der Waals surface area contributed by atoms with Gasteiger partial charge >= 0.3 is 0 Å². The Hall–Kier alpha value is -2.59. The zero-order chi connectivity index (χ0) is 17.6. The summed E-state index contributed by atoms with van der Waals surface area (Å²) in [5, 5.41) is 3.00. The van der Waals surface area contributed by atoms with Gasteiger partial charge in [-0.2, -0.15) is 0 Å². The quantitative estimate of drug-likeness (QED) is 0.864. The van der Waals surface area contributed by atoms with Crippen LogP contribution in [-0.4, -0.2) is 32.2 Å². The first-order valence-electron chi connectivity index (χ1n) is 8.61. The third kappa shape index (κ3) is 4.48. The van der Waals surface area contributed by atoms with E-state index < -0.39 is 0 Å². The molecule has 1 aliphatic rings. The van der Waals surface area contributed by atoms with E-state index in [-0.39, 0.29) is 5.91 Å². The van der Waals surface area contributed by atoms with Crippen LogP contribution in [0.5, 0.6) is 0 Å². The third-order valence-electron chi connectivity index (χ3n) is 4.35. The summed E-state index contributed by atoms with van der Waals surface area (Å²) in [7, 11) is 0. The molecule has 0 aromatic heterocycles. The van der Waals surface area contributed by atoms with Gasteiger partial charge in [0.2, 0.25) is 5.91 Å². The molecular formula is C21H24N2O2. The number of nitrogens with zero attached hydrogens (tertiary/aromatic N) is 1. The second-order valence-electron chi connectivity index (χ2n) is 6.30. The average Bonchev–Trinajstić information content (AvgIpc) is 2.62. The molecule has 0 spiro atoms. The number of carbonyl (C=O) groups is 1. The van der Waals surface area contributed by atoms with E-state index in [0.717, 1.165) is 48.8 Å². The Balaban J connectivity index is 1.71. The maximum atomic E-state index is 12.4. The van der Waals surface area contributed by atoms with Crippen molar-refractivity contribution >= 4 is 23.4 Å². The van der Waals surface area contributed by atoms with Gasteiger partial charge in [-0.25, -0.2) is 0 Å². The first-order chi connectivity index (χ1) is 12.1. The maximum absolute atomic E-state index is 12.4. The number of benzene rings is 2. The number of rotatable bonds is 4. The average molecular weight is 336 g/mol. The van der Waals surface area contributed by atoms with Crippen molar-refractivity contribution < 1.29 is 9.53 Å². The summed E-state index contributed by atoms with van der Waals surface area (Å²) >= 11 is 0. The molecule has 25 heavy (non-hydrogen) atoms. The Morgan fingerprint density at radius 2 is 1.88 bits per heavy atom. The van der Waals surface area contributed by atoms with Crippen molar-refractivity contribution in [3.63, 3.8) is 0 Å². The van der Waals surface area contributed by atoms with Gasteiger partial charge in [-0.15, -0.1) is 0 Å². The minimum Gasteiger partial charge on any atom is -0.378 e. The lowest BCUT2D eigenvalue weighted by molar-refractivity contribution is -0.111. The highest BCUT2D eigenvalue weighted by molar-refractivity contribution is 6.03. The molecule has 1 saturated heterocycles. The number of aryl methyl sites for hydroxylation is 2. The van der Waals surface area contributed by atoms with Crippen LogP contribution in [0.3, 0.4) is 0 Å². The first-order valence-corrected chi connectivity index (χ1v) is 8.61. The van der Waals surface area contributed by atoms with Gasteiger partial charge in [-0.3, -0.25) is 4.79 Å². The molecule has 2 aromatic carbocycles. The van der Waals surface area contributed by atoms with Crippen molar-refractivity contribution in [2.24, 2.45) is 0 Å². The predicted molar refractivity (Wildman–Crippen MR) is 103 cm³/mol. The predicted octanol–water partition coefficient (Wildman–Crippen LogP) is 3.79. The van der Waals surface area contributed by atoms with Crippen LogP contribution >= 0.6 is 0 Å². The van der Waals surface area contributed by atoms with E-state index in [4.69, 9.17) is 4.74 Å². The topological polar surface area (TPSA) is 41.6 Å². The van der Waals surface area contributed by atoms with E-state index in [2.05, 4.69) is 36.2 Å². The van der Waals surface area contributed by atoms with Crippen LogP contribution < -0.4 is 10.2 Å². The molecule has 0 atom stereocenters. The molecule has 0 aliphatic carbocycles. The summed E-state index contributed by atoms with van der Waals surface area (Å²) in [6, 6.07) is 14.1. The Morgan fingerprint density at radius 3 is 2.64 bits per heavy atom. The van der Waals surface area contributed by atoms with Crippen LogP contribution in [0.1, 0.15) is 16.7 Å². The normalized spacial score (nSPS) is 14.7. The number of carbonyl (C=O) groups excluding carboxylic acids is 1. The van der Waals surface area contributed by atoms with Crippen molar-refractivity contribution in [2.45, 2.75) is 13.8 Å². The lowest BCUT2D eigenvalue weighted by Gasteiger charge is -2.30. The molecule has 0 bridgehead atoms. The third-order valence-corrected chi connectivity index (χ3v) is 4.35. The largest absolute Gasteiger partial charge is 0.378 e. The second kappa shape index (κ2) is 7.99. The van der Waals surface area contributed by atoms with E-state index in [1.807, 2.05) is 36.4 Å². The molecule has 1 amide bonds. The van der Waals surface area contributed by atoms with Crippen molar-refractivity contribution in [1.29, 1.82) is 0 Å². The zero-order valence-electron chi connectivity index (χ0n) is 14.8. The number of para-hydroxylation sites is 2. The van der Waals surface area contributed by atoms with Crippen LogP contribution in [0.25, 0.3) is 6.08 Å². The highest BCUT2D eigenvalue weighted by Gasteiger charge is 2.15. The number of amides is 1. The second-order valence-corrected chi connectivity index (χ2v) is 6.30. The highest BCUT2D eigenvalue weighted by atomic mass is 16.5. The molecule has 1 N–H and O–H groups in total. The highest BCUT2D eigenvalue weighted by Crippen LogP contribution is 2.26. The summed E-state index contributed by atoms with van der Waals surface area (Å²) in [4.78, 5) is 14.6. The first kappa shape index (κ1) is 17.2. The van der Waals surface area contributed by atoms with Crippen molar-refractivity contribution in [3.05, 3.63) is 65.2 Å². The van der Waals surface area contributed by atoms with Gasteiger partial charge in [-0.1, -0.05) is 35.9 Å². The molecule has 1 heterocycles. The van der Waals surface area contributed by atoms with Crippen LogP contribution in [0, 0.1) is 13.8 Å². The molecule has 0 saturated carbocycles. The van der Waals surface area contributed by atoms with Gasteiger partial charge in [0.1, 0.15) is 0 Å². The van der Waals surface area contributed by atoms with E-state index in [9.17, 15) is 4.79 Å². The number of hydrogen-bond acceptors (Lipinski definition) is 3. The van der Waals surface area contributed by atoms with Crippen LogP contribution in [-0.2, 0) is 9.53 Å². The zero-order valence-corrected chi connectivity index (χ0v) is 14.8. The van der Waals surface area contributed by atoms with Gasteiger partial charge in [0, 0.05) is 19.2 Å². The molecule has 0 radical (unpaired) electrons. The molecule has 0 unspecified atom stereocenters. The molecule has 4 nitrogen and oxygen atoms in total. The van der Waals surface area contributed by atoms with E-state index in [1.165, 1.54) is 5.56 Å². The lowest BCUT2D eigenvalue weighted by atomic mass is 10.1. The van der Waals surface area contributed by atoms with Gasteiger partial charge in [0.15, 0.2) is 0 Å². The molecule has 2 aromatic rings. The molecule has 1 aliphatic heterocycles. The smallest absolute Gasteiger partial charge is 0.248 e. The van der Waals surface area contributed by atoms with Gasteiger partial charge in [-0.05, 0) is 43.2 Å². The number of hydrogen-bond donors (Lipinski definition) is 1. The van der Waals surface area contributed by atoms with Crippen molar-refractivity contribution in [2.75, 3.05) is 36.5 Å². The fraction of sp³-hybridized carbons (Fsp3) is 0.286. The van der Waals surface area contributed by atoms with Crippen molar-refractivity contribution in [1.82, 2.24) is 0 Å². The Bertz CT molecular complexity index is 777. The lowest BCUT2D eigenvalue weighted by Crippen LogP contribution is -2.36. The Kier molecular flexibility index (Phi) is 5.51. The summed E-state index contributed by atoms with van der Waals surface area (Å²) in [5.41, 5.74) is 5.32. The fourth-order valence-electron chi connectivity index (χ4n) is 3.01. The minimum atomic E-state index is -0.124. The number of ether oxygens (including phenoxy) is 1. The molecular weight excluding hydrogens is 312 g/mol. The fourth-order valence-corrected chi connectivity index (χ4v) is 3.01. The van der Waals surface area contributed by atoms with E-state index >= 15 is 0 Å². The molecule has 130 valence electrons. The summed E-state index contributed by atoms with van der Waals surface area (Å²) in [6.45, 7) is 7.23. The van der Waals surface area contributed by atoms with Gasteiger partial charge in [0.05, 0.1) is 24.6 Å². The summed E-state index contributed by atoms with van der Waals surface area (Å²) in [5.74, 6) is -0.124. The number of anilines is 2. The van der Waals surface area contributed by atoms with Gasteiger partial charge in [0.25, 0.3) is 0 Å². The van der Waals surface area contributed by atoms with E-state index in [1.54, 1.807) is 6.08 Å². The Morgan fingerprint density at radius 1 is 1.12 bits per heavy atom. The SMILES string of the molecule is Cc1ccc(/C=C/C(=O)Nc2ccccc2N2CCOCC2)c(C)c1. The summed E-state index contributed by atoms with van der Waals surface area (Å²) < 4.78 is 5.41. The van der Waals surface area contributed by atoms with Crippen LogP contribution in [0.2, 0.25) is 0 Å².